The molecule has 1 unspecified atom stereocenters. The Morgan fingerprint density at radius 2 is 1.95 bits per heavy atom. The number of methoxy groups -OCH3 is 1. The van der Waals surface area contributed by atoms with Crippen LogP contribution in [0.15, 0.2) is 45.3 Å². The number of benzene rings is 2. The quantitative estimate of drug-likeness (QED) is 0.665. The van der Waals surface area contributed by atoms with Crippen LogP contribution in [0.5, 0.6) is 5.75 Å². The predicted molar refractivity (Wildman–Crippen MR) is 95.4 cm³/mol. The molecule has 5 heteroatoms. The minimum absolute atomic E-state index is 0.0298. The summed E-state index contributed by atoms with van der Waals surface area (Å²) in [6, 6.07) is 12.0. The minimum atomic E-state index is 0.0298. The molecule has 0 bridgehead atoms. The van der Waals surface area contributed by atoms with Gasteiger partial charge in [0.25, 0.3) is 0 Å². The van der Waals surface area contributed by atoms with Crippen molar-refractivity contribution in [3.63, 3.8) is 0 Å². The summed E-state index contributed by atoms with van der Waals surface area (Å²) in [4.78, 5) is 0. The van der Waals surface area contributed by atoms with Crippen LogP contribution in [0.2, 0.25) is 5.02 Å². The molecule has 2 rings (SSSR count). The molecule has 0 aliphatic rings. The van der Waals surface area contributed by atoms with Crippen molar-refractivity contribution in [2.24, 2.45) is 0 Å². The maximum absolute atomic E-state index is 6.38. The summed E-state index contributed by atoms with van der Waals surface area (Å²) in [7, 11) is 1.66. The zero-order valence-electron chi connectivity index (χ0n) is 11.8. The van der Waals surface area contributed by atoms with Crippen LogP contribution in [0.1, 0.15) is 24.1 Å². The lowest BCUT2D eigenvalue weighted by molar-refractivity contribution is 0.412. The zero-order chi connectivity index (χ0) is 15.4. The molecule has 2 nitrogen and oxygen atoms in total. The maximum Gasteiger partial charge on any atom is 0.133 e. The molecule has 0 heterocycles. The lowest BCUT2D eigenvalue weighted by Crippen LogP contribution is -2.22. The van der Waals surface area contributed by atoms with Crippen molar-refractivity contribution >= 4 is 43.5 Å². The highest BCUT2D eigenvalue weighted by Gasteiger charge is 2.17. The third-order valence-corrected chi connectivity index (χ3v) is 4.64. The molecule has 0 aliphatic carbocycles. The first-order valence-corrected chi connectivity index (χ1v) is 8.55. The number of hydrogen-bond acceptors (Lipinski definition) is 2. The Morgan fingerprint density at radius 3 is 2.57 bits per heavy atom. The number of rotatable bonds is 5. The average molecular weight is 434 g/mol. The topological polar surface area (TPSA) is 21.3 Å². The van der Waals surface area contributed by atoms with Crippen LogP contribution in [0.3, 0.4) is 0 Å². The first-order valence-electron chi connectivity index (χ1n) is 6.58. The molecule has 0 fully saturated rings. The van der Waals surface area contributed by atoms with E-state index in [0.29, 0.717) is 0 Å². The van der Waals surface area contributed by atoms with E-state index in [-0.39, 0.29) is 6.04 Å². The fraction of sp³-hybridized carbons (Fsp3) is 0.250. The molecular weight excluding hydrogens is 417 g/mol. The molecule has 1 atom stereocenters. The summed E-state index contributed by atoms with van der Waals surface area (Å²) in [5.41, 5.74) is 2.18. The number of halogens is 3. The molecule has 1 N–H and O–H groups in total. The molecule has 0 saturated heterocycles. The normalized spacial score (nSPS) is 12.2. The molecule has 112 valence electrons. The molecule has 0 spiro atoms. The van der Waals surface area contributed by atoms with Crippen molar-refractivity contribution in [1.82, 2.24) is 5.32 Å². The van der Waals surface area contributed by atoms with Crippen LogP contribution < -0.4 is 10.1 Å². The van der Waals surface area contributed by atoms with Gasteiger partial charge >= 0.3 is 0 Å². The molecule has 21 heavy (non-hydrogen) atoms. The van der Waals surface area contributed by atoms with Gasteiger partial charge in [-0.2, -0.15) is 0 Å². The summed E-state index contributed by atoms with van der Waals surface area (Å²) in [5.74, 6) is 0.814. The lowest BCUT2D eigenvalue weighted by atomic mass is 9.98. The third-order valence-electron chi connectivity index (χ3n) is 3.19. The molecule has 2 aromatic rings. The second-order valence-electron chi connectivity index (χ2n) is 4.55. The van der Waals surface area contributed by atoms with Crippen molar-refractivity contribution in [3.8, 4) is 5.75 Å². The second kappa shape index (κ2) is 7.63. The van der Waals surface area contributed by atoms with E-state index in [0.717, 1.165) is 37.4 Å². The maximum atomic E-state index is 6.38. The van der Waals surface area contributed by atoms with Crippen molar-refractivity contribution < 1.29 is 4.74 Å². The molecule has 0 radical (unpaired) electrons. The van der Waals surface area contributed by atoms with Gasteiger partial charge in [-0.05, 0) is 63.9 Å². The first kappa shape index (κ1) is 16.8. The summed E-state index contributed by atoms with van der Waals surface area (Å²) in [6.07, 6.45) is 0. The van der Waals surface area contributed by atoms with Gasteiger partial charge in [0.05, 0.1) is 17.6 Å². The Bertz CT molecular complexity index is 634. The van der Waals surface area contributed by atoms with Crippen molar-refractivity contribution in [3.05, 3.63) is 61.5 Å². The summed E-state index contributed by atoms with van der Waals surface area (Å²) in [5, 5.41) is 4.23. The Kier molecular flexibility index (Phi) is 6.11. The molecule has 0 saturated carbocycles. The highest BCUT2D eigenvalue weighted by Crippen LogP contribution is 2.34. The third kappa shape index (κ3) is 4.01. The van der Waals surface area contributed by atoms with Gasteiger partial charge in [-0.25, -0.2) is 0 Å². The first-order chi connectivity index (χ1) is 10.1. The van der Waals surface area contributed by atoms with E-state index in [2.05, 4.69) is 50.2 Å². The van der Waals surface area contributed by atoms with Gasteiger partial charge in [0.2, 0.25) is 0 Å². The SMILES string of the molecule is CCNC(c1ccc(OC)c(Br)c1)c1cc(Br)ccc1Cl. The van der Waals surface area contributed by atoms with E-state index in [9.17, 15) is 0 Å². The van der Waals surface area contributed by atoms with Crippen LogP contribution >= 0.6 is 43.5 Å². The Balaban J connectivity index is 2.48. The van der Waals surface area contributed by atoms with Gasteiger partial charge in [0, 0.05) is 9.50 Å². The molecule has 0 amide bonds. The van der Waals surface area contributed by atoms with Crippen LogP contribution in [-0.4, -0.2) is 13.7 Å². The van der Waals surface area contributed by atoms with E-state index in [1.54, 1.807) is 7.11 Å². The Hall–Kier alpha value is -0.550. The van der Waals surface area contributed by atoms with E-state index in [1.165, 1.54) is 0 Å². The second-order valence-corrected chi connectivity index (χ2v) is 6.73. The lowest BCUT2D eigenvalue weighted by Gasteiger charge is -2.21. The Morgan fingerprint density at radius 1 is 1.19 bits per heavy atom. The number of hydrogen-bond donors (Lipinski definition) is 1. The summed E-state index contributed by atoms with van der Waals surface area (Å²) in [6.45, 7) is 2.93. The largest absolute Gasteiger partial charge is 0.496 e. The highest BCUT2D eigenvalue weighted by atomic mass is 79.9. The van der Waals surface area contributed by atoms with E-state index < -0.39 is 0 Å². The Labute approximate surface area is 147 Å². The fourth-order valence-electron chi connectivity index (χ4n) is 2.21. The predicted octanol–water partition coefficient (Wildman–Crippen LogP) is 5.57. The van der Waals surface area contributed by atoms with Gasteiger partial charge in [0.1, 0.15) is 5.75 Å². The van der Waals surface area contributed by atoms with Crippen LogP contribution in [0.4, 0.5) is 0 Å². The number of nitrogens with one attached hydrogen (secondary N) is 1. The molecule has 2 aromatic carbocycles. The van der Waals surface area contributed by atoms with Crippen LogP contribution in [0.25, 0.3) is 0 Å². The standard InChI is InChI=1S/C16H16Br2ClNO/c1-3-20-16(12-9-11(17)5-6-14(12)19)10-4-7-15(21-2)13(18)8-10/h4-9,16,20H,3H2,1-2H3. The summed E-state index contributed by atoms with van der Waals surface area (Å²) < 4.78 is 7.23. The summed E-state index contributed by atoms with van der Waals surface area (Å²) >= 11 is 13.4. The van der Waals surface area contributed by atoms with Crippen LogP contribution in [-0.2, 0) is 0 Å². The smallest absolute Gasteiger partial charge is 0.133 e. The van der Waals surface area contributed by atoms with E-state index >= 15 is 0 Å². The van der Waals surface area contributed by atoms with Crippen LogP contribution in [0, 0.1) is 0 Å². The van der Waals surface area contributed by atoms with E-state index in [1.807, 2.05) is 30.3 Å². The highest BCUT2D eigenvalue weighted by molar-refractivity contribution is 9.10. The van der Waals surface area contributed by atoms with Crippen molar-refractivity contribution in [2.45, 2.75) is 13.0 Å². The van der Waals surface area contributed by atoms with Crippen molar-refractivity contribution in [1.29, 1.82) is 0 Å². The van der Waals surface area contributed by atoms with E-state index in [4.69, 9.17) is 16.3 Å². The van der Waals surface area contributed by atoms with Gasteiger partial charge in [-0.3, -0.25) is 0 Å². The van der Waals surface area contributed by atoms with Gasteiger partial charge in [0.15, 0.2) is 0 Å². The minimum Gasteiger partial charge on any atom is -0.496 e. The molecule has 0 aliphatic heterocycles. The molecule has 0 aromatic heterocycles. The number of ether oxygens (including phenoxy) is 1. The van der Waals surface area contributed by atoms with Crippen molar-refractivity contribution in [2.75, 3.05) is 13.7 Å². The molecular formula is C16H16Br2ClNO. The van der Waals surface area contributed by atoms with Gasteiger partial charge < -0.3 is 10.1 Å². The monoisotopic (exact) mass is 431 g/mol. The average Bonchev–Trinajstić information content (AvgIpc) is 2.47. The van der Waals surface area contributed by atoms with Gasteiger partial charge in [-0.1, -0.05) is 40.5 Å². The van der Waals surface area contributed by atoms with Gasteiger partial charge in [-0.15, -0.1) is 0 Å². The fourth-order valence-corrected chi connectivity index (χ4v) is 3.37. The zero-order valence-corrected chi connectivity index (χ0v) is 15.7.